The Hall–Kier alpha value is -3.01. The maximum Gasteiger partial charge on any atom is 0.282 e. The van der Waals surface area contributed by atoms with Gasteiger partial charge in [0, 0.05) is 0 Å². The normalized spacial score (nSPS) is 11.0. The number of benzene rings is 3. The first-order valence-corrected chi connectivity index (χ1v) is 6.67. The van der Waals surface area contributed by atoms with Crippen LogP contribution < -0.4 is 5.56 Å². The van der Waals surface area contributed by atoms with E-state index in [1.165, 1.54) is 4.68 Å². The summed E-state index contributed by atoms with van der Waals surface area (Å²) in [5, 5.41) is 10.9. The molecule has 4 nitrogen and oxygen atoms in total. The minimum absolute atomic E-state index is 0.156. The van der Waals surface area contributed by atoms with Gasteiger partial charge in [0.05, 0.1) is 11.1 Å². The smallest absolute Gasteiger partial charge is 0.267 e. The summed E-state index contributed by atoms with van der Waals surface area (Å²) in [7, 11) is 0. The molecule has 0 N–H and O–H groups in total. The van der Waals surface area contributed by atoms with Crippen LogP contribution in [-0.2, 0) is 0 Å². The van der Waals surface area contributed by atoms with Crippen LogP contribution in [0.25, 0.3) is 27.4 Å². The first-order chi connectivity index (χ1) is 10.3. The maximum atomic E-state index is 12.6. The molecule has 0 aliphatic rings. The maximum absolute atomic E-state index is 12.6. The fourth-order valence-electron chi connectivity index (χ4n) is 2.47. The number of rotatable bonds is 1. The summed E-state index contributed by atoms with van der Waals surface area (Å²) in [6, 6.07) is 21.0. The van der Waals surface area contributed by atoms with Crippen molar-refractivity contribution in [2.75, 3.05) is 0 Å². The van der Waals surface area contributed by atoms with E-state index in [0.29, 0.717) is 16.6 Å². The van der Waals surface area contributed by atoms with E-state index in [4.69, 9.17) is 0 Å². The lowest BCUT2D eigenvalue weighted by Crippen LogP contribution is -2.22. The minimum Gasteiger partial charge on any atom is -0.267 e. The van der Waals surface area contributed by atoms with E-state index in [1.807, 2.05) is 66.7 Å². The van der Waals surface area contributed by atoms with Crippen LogP contribution in [0.5, 0.6) is 0 Å². The molecule has 4 heteroatoms. The molecule has 0 aliphatic heterocycles. The van der Waals surface area contributed by atoms with Gasteiger partial charge in [0.25, 0.3) is 5.56 Å². The Morgan fingerprint density at radius 2 is 1.48 bits per heavy atom. The summed E-state index contributed by atoms with van der Waals surface area (Å²) in [5.41, 5.74) is 1.17. The Balaban J connectivity index is 2.07. The summed E-state index contributed by atoms with van der Waals surface area (Å²) in [6.07, 6.45) is 0. The number of fused-ring (bicyclic) bond motifs is 2. The predicted octanol–water partition coefficient (Wildman–Crippen LogP) is 2.93. The van der Waals surface area contributed by atoms with E-state index in [0.717, 1.165) is 10.8 Å². The molecule has 0 radical (unpaired) electrons. The van der Waals surface area contributed by atoms with Crippen molar-refractivity contribution in [1.82, 2.24) is 15.0 Å². The van der Waals surface area contributed by atoms with Gasteiger partial charge in [0.15, 0.2) is 0 Å². The largest absolute Gasteiger partial charge is 0.282 e. The molecule has 4 rings (SSSR count). The van der Waals surface area contributed by atoms with Crippen LogP contribution in [0.3, 0.4) is 0 Å². The van der Waals surface area contributed by atoms with Gasteiger partial charge in [-0.2, -0.15) is 4.68 Å². The molecule has 4 aromatic rings. The number of hydrogen-bond donors (Lipinski definition) is 0. The monoisotopic (exact) mass is 273 g/mol. The first-order valence-electron chi connectivity index (χ1n) is 6.67. The van der Waals surface area contributed by atoms with Crippen LogP contribution in [0, 0.1) is 0 Å². The molecule has 0 saturated heterocycles. The van der Waals surface area contributed by atoms with Crippen LogP contribution >= 0.6 is 0 Å². The van der Waals surface area contributed by atoms with Crippen molar-refractivity contribution >= 4 is 21.7 Å². The molecule has 0 spiro atoms. The molecular formula is C17H11N3O. The summed E-state index contributed by atoms with van der Waals surface area (Å²) in [6.45, 7) is 0. The van der Waals surface area contributed by atoms with Gasteiger partial charge in [-0.3, -0.25) is 4.79 Å². The average Bonchev–Trinajstić information content (AvgIpc) is 2.55. The van der Waals surface area contributed by atoms with Gasteiger partial charge in [-0.1, -0.05) is 47.7 Å². The van der Waals surface area contributed by atoms with Crippen LogP contribution in [0.2, 0.25) is 0 Å². The zero-order valence-corrected chi connectivity index (χ0v) is 11.1. The third-order valence-electron chi connectivity index (χ3n) is 3.53. The minimum atomic E-state index is -0.156. The number of para-hydroxylation sites is 1. The van der Waals surface area contributed by atoms with Crippen LogP contribution in [0.1, 0.15) is 0 Å². The van der Waals surface area contributed by atoms with E-state index >= 15 is 0 Å². The molecule has 0 aliphatic carbocycles. The third kappa shape index (κ3) is 1.89. The van der Waals surface area contributed by atoms with Crippen LogP contribution in [-0.4, -0.2) is 15.0 Å². The van der Waals surface area contributed by atoms with Crippen molar-refractivity contribution in [2.45, 2.75) is 0 Å². The molecule has 100 valence electrons. The van der Waals surface area contributed by atoms with E-state index < -0.39 is 0 Å². The van der Waals surface area contributed by atoms with E-state index in [2.05, 4.69) is 10.3 Å². The van der Waals surface area contributed by atoms with Crippen LogP contribution in [0.4, 0.5) is 0 Å². The quantitative estimate of drug-likeness (QED) is 0.501. The Morgan fingerprint density at radius 1 is 0.810 bits per heavy atom. The molecule has 0 saturated carbocycles. The molecule has 0 amide bonds. The lowest BCUT2D eigenvalue weighted by molar-refractivity contribution is 0.738. The third-order valence-corrected chi connectivity index (χ3v) is 3.53. The summed E-state index contributed by atoms with van der Waals surface area (Å²) >= 11 is 0. The molecule has 0 atom stereocenters. The lowest BCUT2D eigenvalue weighted by atomic mass is 10.1. The zero-order chi connectivity index (χ0) is 14.2. The van der Waals surface area contributed by atoms with Crippen LogP contribution in [0.15, 0.2) is 71.5 Å². The first kappa shape index (κ1) is 11.8. The molecule has 1 heterocycles. The van der Waals surface area contributed by atoms with Gasteiger partial charge in [-0.25, -0.2) is 0 Å². The highest BCUT2D eigenvalue weighted by molar-refractivity contribution is 5.95. The molecule has 1 aromatic heterocycles. The second-order valence-corrected chi connectivity index (χ2v) is 4.86. The standard InChI is InChI=1S/C17H11N3O/c21-17-15-10-12-6-4-5-7-13(12)11-16(15)18-19-20(17)14-8-2-1-3-9-14/h1-11H. The van der Waals surface area contributed by atoms with Gasteiger partial charge in [0.2, 0.25) is 0 Å². The summed E-state index contributed by atoms with van der Waals surface area (Å²) in [4.78, 5) is 12.6. The summed E-state index contributed by atoms with van der Waals surface area (Å²) in [5.74, 6) is 0. The molecule has 21 heavy (non-hydrogen) atoms. The van der Waals surface area contributed by atoms with Gasteiger partial charge in [-0.05, 0) is 35.0 Å². The Bertz CT molecular complexity index is 1010. The Morgan fingerprint density at radius 3 is 2.24 bits per heavy atom. The Kier molecular flexibility index (Phi) is 2.54. The zero-order valence-electron chi connectivity index (χ0n) is 11.1. The predicted molar refractivity (Wildman–Crippen MR) is 82.6 cm³/mol. The molecular weight excluding hydrogens is 262 g/mol. The second-order valence-electron chi connectivity index (χ2n) is 4.86. The van der Waals surface area contributed by atoms with Gasteiger partial charge >= 0.3 is 0 Å². The fourth-order valence-corrected chi connectivity index (χ4v) is 2.47. The van der Waals surface area contributed by atoms with Crippen molar-refractivity contribution in [2.24, 2.45) is 0 Å². The van der Waals surface area contributed by atoms with Gasteiger partial charge < -0.3 is 0 Å². The average molecular weight is 273 g/mol. The van der Waals surface area contributed by atoms with Crippen molar-refractivity contribution in [3.8, 4) is 5.69 Å². The highest BCUT2D eigenvalue weighted by Gasteiger charge is 2.08. The number of aromatic nitrogens is 3. The van der Waals surface area contributed by atoms with Crippen molar-refractivity contribution in [1.29, 1.82) is 0 Å². The molecule has 0 fully saturated rings. The Labute approximate surface area is 120 Å². The molecule has 0 bridgehead atoms. The van der Waals surface area contributed by atoms with Crippen molar-refractivity contribution < 1.29 is 0 Å². The molecule has 3 aromatic carbocycles. The lowest BCUT2D eigenvalue weighted by Gasteiger charge is -2.05. The van der Waals surface area contributed by atoms with Crippen molar-refractivity contribution in [3.05, 3.63) is 77.1 Å². The highest BCUT2D eigenvalue weighted by atomic mass is 16.1. The van der Waals surface area contributed by atoms with E-state index in [9.17, 15) is 4.79 Å². The number of nitrogens with zero attached hydrogens (tertiary/aromatic N) is 3. The topological polar surface area (TPSA) is 47.8 Å². The molecule has 0 unspecified atom stereocenters. The second kappa shape index (κ2) is 4.52. The van der Waals surface area contributed by atoms with Gasteiger partial charge in [0.1, 0.15) is 5.52 Å². The fraction of sp³-hybridized carbons (Fsp3) is 0. The SMILES string of the molecule is O=c1c2cc3ccccc3cc2nnn1-c1ccccc1. The van der Waals surface area contributed by atoms with E-state index in [-0.39, 0.29) is 5.56 Å². The number of hydrogen-bond acceptors (Lipinski definition) is 3. The summed E-state index contributed by atoms with van der Waals surface area (Å²) < 4.78 is 1.33. The van der Waals surface area contributed by atoms with Crippen molar-refractivity contribution in [3.63, 3.8) is 0 Å². The van der Waals surface area contributed by atoms with E-state index in [1.54, 1.807) is 0 Å². The van der Waals surface area contributed by atoms with Gasteiger partial charge in [-0.15, -0.1) is 5.10 Å². The highest BCUT2D eigenvalue weighted by Crippen LogP contribution is 2.18.